The number of hydrogen-bond donors (Lipinski definition) is 1. The molecule has 1 amide bonds. The Kier molecular flexibility index (Phi) is 6.49. The molecule has 2 atom stereocenters. The molecule has 21 heavy (non-hydrogen) atoms. The Balaban J connectivity index is 1.85. The van der Waals surface area contributed by atoms with Crippen LogP contribution in [0.25, 0.3) is 0 Å². The number of ether oxygens (including phenoxy) is 1. The Bertz CT molecular complexity index is 327. The Hall–Kier alpha value is -0.610. The normalized spacial score (nSPS) is 28.0. The van der Waals surface area contributed by atoms with Gasteiger partial charge in [-0.05, 0) is 45.4 Å². The summed E-state index contributed by atoms with van der Waals surface area (Å²) < 4.78 is 5.44. The summed E-state index contributed by atoms with van der Waals surface area (Å²) in [6.07, 6.45) is 7.05. The number of carbonyl (C=O) groups excluding carboxylic acids is 1. The number of nitrogens with one attached hydrogen (secondary N) is 1. The summed E-state index contributed by atoms with van der Waals surface area (Å²) >= 11 is 0. The van der Waals surface area contributed by atoms with Gasteiger partial charge in [0.25, 0.3) is 0 Å². The van der Waals surface area contributed by atoms with Gasteiger partial charge >= 0.3 is 0 Å². The summed E-state index contributed by atoms with van der Waals surface area (Å²) in [7, 11) is 0. The van der Waals surface area contributed by atoms with E-state index in [1.165, 1.54) is 19.3 Å². The van der Waals surface area contributed by atoms with Crippen LogP contribution in [0.5, 0.6) is 0 Å². The molecule has 0 unspecified atom stereocenters. The third-order valence-corrected chi connectivity index (χ3v) is 5.11. The van der Waals surface area contributed by atoms with Gasteiger partial charge in [-0.2, -0.15) is 0 Å². The van der Waals surface area contributed by atoms with Crippen LogP contribution in [0, 0.1) is 5.92 Å². The zero-order valence-corrected chi connectivity index (χ0v) is 13.9. The highest BCUT2D eigenvalue weighted by Gasteiger charge is 2.28. The molecule has 1 N–H and O–H groups in total. The maximum atomic E-state index is 12.4. The van der Waals surface area contributed by atoms with Crippen LogP contribution in [0.4, 0.5) is 0 Å². The Morgan fingerprint density at radius 1 is 1.19 bits per heavy atom. The first-order valence-corrected chi connectivity index (χ1v) is 8.70. The van der Waals surface area contributed by atoms with Crippen molar-refractivity contribution in [3.05, 3.63) is 0 Å². The maximum absolute atomic E-state index is 12.4. The van der Waals surface area contributed by atoms with E-state index in [-0.39, 0.29) is 5.91 Å². The van der Waals surface area contributed by atoms with Crippen molar-refractivity contribution in [3.63, 3.8) is 0 Å². The monoisotopic (exact) mass is 296 g/mol. The smallest absolute Gasteiger partial charge is 0.234 e. The molecular weight excluding hydrogens is 264 g/mol. The fraction of sp³-hybridized carbons (Fsp3) is 0.941. The SMILES string of the molecule is CC(C)N(CC(=O)N[C@H]1CCCC[C@H]1C)C1CCOCC1. The molecule has 1 saturated carbocycles. The quantitative estimate of drug-likeness (QED) is 0.848. The van der Waals surface area contributed by atoms with Gasteiger partial charge in [0.1, 0.15) is 0 Å². The van der Waals surface area contributed by atoms with Gasteiger partial charge in [-0.1, -0.05) is 19.8 Å². The van der Waals surface area contributed by atoms with Gasteiger partial charge in [0.2, 0.25) is 5.91 Å². The van der Waals surface area contributed by atoms with Crippen molar-refractivity contribution in [2.75, 3.05) is 19.8 Å². The Morgan fingerprint density at radius 2 is 1.86 bits per heavy atom. The van der Waals surface area contributed by atoms with Crippen LogP contribution >= 0.6 is 0 Å². The van der Waals surface area contributed by atoms with E-state index in [4.69, 9.17) is 4.74 Å². The van der Waals surface area contributed by atoms with Crippen molar-refractivity contribution in [2.45, 2.75) is 77.4 Å². The van der Waals surface area contributed by atoms with Crippen molar-refractivity contribution >= 4 is 5.91 Å². The Morgan fingerprint density at radius 3 is 2.48 bits per heavy atom. The molecule has 2 rings (SSSR count). The minimum absolute atomic E-state index is 0.203. The van der Waals surface area contributed by atoms with E-state index in [2.05, 4.69) is 31.0 Å². The second-order valence-electron chi connectivity index (χ2n) is 7.05. The van der Waals surface area contributed by atoms with E-state index in [0.29, 0.717) is 30.6 Å². The van der Waals surface area contributed by atoms with Gasteiger partial charge < -0.3 is 10.1 Å². The van der Waals surface area contributed by atoms with Crippen molar-refractivity contribution in [1.82, 2.24) is 10.2 Å². The third-order valence-electron chi connectivity index (χ3n) is 5.11. The molecule has 4 nitrogen and oxygen atoms in total. The van der Waals surface area contributed by atoms with Crippen LogP contribution in [0.15, 0.2) is 0 Å². The van der Waals surface area contributed by atoms with Crippen LogP contribution in [0.1, 0.15) is 59.3 Å². The summed E-state index contributed by atoms with van der Waals surface area (Å²) in [5.74, 6) is 0.826. The molecule has 2 fully saturated rings. The average molecular weight is 296 g/mol. The van der Waals surface area contributed by atoms with Crippen LogP contribution < -0.4 is 5.32 Å². The zero-order valence-electron chi connectivity index (χ0n) is 13.9. The zero-order chi connectivity index (χ0) is 15.2. The summed E-state index contributed by atoms with van der Waals surface area (Å²) in [5, 5.41) is 3.28. The molecule has 0 aromatic carbocycles. The number of nitrogens with zero attached hydrogens (tertiary/aromatic N) is 1. The van der Waals surface area contributed by atoms with Crippen LogP contribution in [0.2, 0.25) is 0 Å². The maximum Gasteiger partial charge on any atom is 0.234 e. The molecule has 0 spiro atoms. The van der Waals surface area contributed by atoms with Crippen molar-refractivity contribution < 1.29 is 9.53 Å². The fourth-order valence-electron chi connectivity index (χ4n) is 3.70. The first-order valence-electron chi connectivity index (χ1n) is 8.70. The Labute approximate surface area is 129 Å². The lowest BCUT2D eigenvalue weighted by atomic mass is 9.86. The standard InChI is InChI=1S/C17H32N2O2/c1-13(2)19(15-8-10-21-11-9-15)12-17(20)18-16-7-5-4-6-14(16)3/h13-16H,4-12H2,1-3H3,(H,18,20)/t14-,16+/m1/s1. The number of amides is 1. The van der Waals surface area contributed by atoms with Gasteiger partial charge in [0, 0.05) is 31.3 Å². The third kappa shape index (κ3) is 4.96. The second kappa shape index (κ2) is 8.14. The van der Waals surface area contributed by atoms with E-state index in [9.17, 15) is 4.79 Å². The van der Waals surface area contributed by atoms with Crippen molar-refractivity contribution in [1.29, 1.82) is 0 Å². The van der Waals surface area contributed by atoms with Gasteiger partial charge in [0.15, 0.2) is 0 Å². The van der Waals surface area contributed by atoms with Gasteiger partial charge in [-0.15, -0.1) is 0 Å². The molecule has 1 heterocycles. The van der Waals surface area contributed by atoms with E-state index < -0.39 is 0 Å². The minimum Gasteiger partial charge on any atom is -0.381 e. The largest absolute Gasteiger partial charge is 0.381 e. The highest BCUT2D eigenvalue weighted by atomic mass is 16.5. The van der Waals surface area contributed by atoms with E-state index in [1.807, 2.05) is 0 Å². The number of rotatable bonds is 5. The topological polar surface area (TPSA) is 41.6 Å². The first-order chi connectivity index (χ1) is 10.1. The second-order valence-corrected chi connectivity index (χ2v) is 7.05. The predicted molar refractivity (Wildman–Crippen MR) is 85.2 cm³/mol. The first kappa shape index (κ1) is 16.8. The lowest BCUT2D eigenvalue weighted by molar-refractivity contribution is -0.125. The van der Waals surface area contributed by atoms with Gasteiger partial charge in [0.05, 0.1) is 6.54 Å². The number of hydrogen-bond acceptors (Lipinski definition) is 3. The molecule has 1 saturated heterocycles. The fourth-order valence-corrected chi connectivity index (χ4v) is 3.70. The number of carbonyl (C=O) groups is 1. The van der Waals surface area contributed by atoms with Crippen molar-refractivity contribution in [3.8, 4) is 0 Å². The highest BCUT2D eigenvalue weighted by molar-refractivity contribution is 5.78. The highest BCUT2D eigenvalue weighted by Crippen LogP contribution is 2.24. The molecule has 0 radical (unpaired) electrons. The summed E-state index contributed by atoms with van der Waals surface area (Å²) in [5.41, 5.74) is 0. The van der Waals surface area contributed by atoms with Gasteiger partial charge in [-0.3, -0.25) is 9.69 Å². The lowest BCUT2D eigenvalue weighted by Gasteiger charge is -2.37. The van der Waals surface area contributed by atoms with Gasteiger partial charge in [-0.25, -0.2) is 0 Å². The molecule has 4 heteroatoms. The van der Waals surface area contributed by atoms with E-state index in [1.54, 1.807) is 0 Å². The van der Waals surface area contributed by atoms with Crippen LogP contribution in [-0.2, 0) is 9.53 Å². The van der Waals surface area contributed by atoms with Crippen LogP contribution in [-0.4, -0.2) is 48.7 Å². The van der Waals surface area contributed by atoms with Crippen molar-refractivity contribution in [2.24, 2.45) is 5.92 Å². The summed E-state index contributed by atoms with van der Waals surface area (Å²) in [6, 6.07) is 1.28. The molecule has 122 valence electrons. The average Bonchev–Trinajstić information content (AvgIpc) is 2.48. The summed E-state index contributed by atoms with van der Waals surface area (Å²) in [4.78, 5) is 14.8. The molecule has 0 aromatic heterocycles. The minimum atomic E-state index is 0.203. The molecule has 0 bridgehead atoms. The van der Waals surface area contributed by atoms with Crippen LogP contribution in [0.3, 0.4) is 0 Å². The molecule has 0 aromatic rings. The molecule has 1 aliphatic carbocycles. The molecule has 2 aliphatic rings. The summed E-state index contributed by atoms with van der Waals surface area (Å²) in [6.45, 7) is 8.83. The predicted octanol–water partition coefficient (Wildman–Crippen LogP) is 2.57. The lowest BCUT2D eigenvalue weighted by Crippen LogP contribution is -2.51. The van der Waals surface area contributed by atoms with E-state index in [0.717, 1.165) is 32.5 Å². The van der Waals surface area contributed by atoms with E-state index >= 15 is 0 Å². The molecule has 1 aliphatic heterocycles. The molecular formula is C17H32N2O2.